The van der Waals surface area contributed by atoms with Crippen molar-refractivity contribution in [2.75, 3.05) is 6.61 Å². The molecular formula is C32H47NO2. The van der Waals surface area contributed by atoms with Gasteiger partial charge in [0.2, 0.25) is 0 Å². The van der Waals surface area contributed by atoms with Crippen LogP contribution in [0, 0.1) is 0 Å². The molecule has 1 aliphatic heterocycles. The maximum atomic E-state index is 8.85. The van der Waals surface area contributed by atoms with Crippen molar-refractivity contribution < 1.29 is 9.84 Å². The lowest BCUT2D eigenvalue weighted by Crippen LogP contribution is -2.51. The number of unbranched alkanes of at least 4 members (excludes halogenated alkanes) is 8. The van der Waals surface area contributed by atoms with E-state index >= 15 is 0 Å². The highest BCUT2D eigenvalue weighted by Crippen LogP contribution is 2.29. The second kappa shape index (κ2) is 16.7. The van der Waals surface area contributed by atoms with Gasteiger partial charge in [-0.05, 0) is 50.2 Å². The number of ether oxygens (including phenoxy) is 1. The number of hydrogen-bond acceptors (Lipinski definition) is 3. The standard InChI is InChI=1S/C32H47NO2/c1-28-32(35-27-30-20-14-11-15-21-30)24-23-31(33(28)26-29-18-12-10-13-19-29)22-16-8-6-4-2-3-5-7-9-17-25-34/h10-16,18-22,28,31-32,34H,2-9,17,23-27H2,1H3/b22-16-/t28-,31-,32-/m0/s1. The molecule has 1 heterocycles. The van der Waals surface area contributed by atoms with Crippen molar-refractivity contribution >= 4 is 0 Å². The fraction of sp³-hybridized carbons (Fsp3) is 0.562. The summed E-state index contributed by atoms with van der Waals surface area (Å²) in [6, 6.07) is 22.3. The molecule has 0 radical (unpaired) electrons. The number of benzene rings is 2. The van der Waals surface area contributed by atoms with E-state index in [1.54, 1.807) is 0 Å². The van der Waals surface area contributed by atoms with E-state index < -0.39 is 0 Å². The molecule has 3 nitrogen and oxygen atoms in total. The summed E-state index contributed by atoms with van der Waals surface area (Å²) in [6.07, 6.45) is 18.6. The monoisotopic (exact) mass is 477 g/mol. The quantitative estimate of drug-likeness (QED) is 0.199. The molecule has 2 aromatic rings. The summed E-state index contributed by atoms with van der Waals surface area (Å²) in [4.78, 5) is 2.65. The Morgan fingerprint density at radius 3 is 2.06 bits per heavy atom. The van der Waals surface area contributed by atoms with Gasteiger partial charge in [0, 0.05) is 25.2 Å². The van der Waals surface area contributed by atoms with Gasteiger partial charge in [0.05, 0.1) is 12.7 Å². The number of aliphatic hydroxyl groups is 1. The van der Waals surface area contributed by atoms with Crippen molar-refractivity contribution in [2.24, 2.45) is 0 Å². The molecule has 3 rings (SSSR count). The van der Waals surface area contributed by atoms with Crippen LogP contribution in [0.5, 0.6) is 0 Å². The van der Waals surface area contributed by atoms with E-state index in [1.807, 2.05) is 0 Å². The van der Waals surface area contributed by atoms with Crippen LogP contribution in [0.1, 0.15) is 88.7 Å². The molecule has 0 aliphatic carbocycles. The highest BCUT2D eigenvalue weighted by atomic mass is 16.5. The Balaban J connectivity index is 1.46. The summed E-state index contributed by atoms with van der Waals surface area (Å²) in [6.45, 7) is 4.35. The topological polar surface area (TPSA) is 32.7 Å². The zero-order valence-corrected chi connectivity index (χ0v) is 21.9. The second-order valence-corrected chi connectivity index (χ2v) is 10.1. The van der Waals surface area contributed by atoms with Gasteiger partial charge in [0.25, 0.3) is 0 Å². The van der Waals surface area contributed by atoms with E-state index in [-0.39, 0.29) is 6.10 Å². The van der Waals surface area contributed by atoms with Crippen molar-refractivity contribution in [3.8, 4) is 0 Å². The molecule has 3 heteroatoms. The molecule has 0 bridgehead atoms. The van der Waals surface area contributed by atoms with Gasteiger partial charge in [-0.25, -0.2) is 0 Å². The third-order valence-electron chi connectivity index (χ3n) is 7.39. The molecule has 0 saturated carbocycles. The molecule has 3 atom stereocenters. The van der Waals surface area contributed by atoms with Crippen LogP contribution in [-0.4, -0.2) is 34.8 Å². The van der Waals surface area contributed by atoms with Crippen LogP contribution in [0.25, 0.3) is 0 Å². The molecule has 0 aromatic heterocycles. The SMILES string of the molecule is C[C@H]1[C@@H](OCc2ccccc2)CC[C@H](/C=C\CCCCCCCCCCO)N1Cc1ccccc1. The third-order valence-corrected chi connectivity index (χ3v) is 7.39. The van der Waals surface area contributed by atoms with Gasteiger partial charge >= 0.3 is 0 Å². The number of aliphatic hydroxyl groups excluding tert-OH is 1. The Labute approximate surface area is 214 Å². The zero-order valence-electron chi connectivity index (χ0n) is 21.9. The Morgan fingerprint density at radius 2 is 1.40 bits per heavy atom. The Bertz CT molecular complexity index is 807. The first-order chi connectivity index (χ1) is 17.3. The molecule has 1 fully saturated rings. The number of likely N-dealkylation sites (tertiary alicyclic amines) is 1. The van der Waals surface area contributed by atoms with Crippen molar-refractivity contribution in [2.45, 2.75) is 109 Å². The van der Waals surface area contributed by atoms with Crippen LogP contribution in [0.3, 0.4) is 0 Å². The smallest absolute Gasteiger partial charge is 0.0733 e. The summed E-state index contributed by atoms with van der Waals surface area (Å²) < 4.78 is 6.43. The van der Waals surface area contributed by atoms with Crippen molar-refractivity contribution in [1.82, 2.24) is 4.90 Å². The molecule has 2 aromatic carbocycles. The highest BCUT2D eigenvalue weighted by Gasteiger charge is 2.33. The predicted octanol–water partition coefficient (Wildman–Crippen LogP) is 7.68. The highest BCUT2D eigenvalue weighted by molar-refractivity contribution is 5.16. The van der Waals surface area contributed by atoms with Gasteiger partial charge in [0.1, 0.15) is 0 Å². The Hall–Kier alpha value is -1.94. The number of rotatable bonds is 16. The van der Waals surface area contributed by atoms with Crippen LogP contribution < -0.4 is 0 Å². The maximum Gasteiger partial charge on any atom is 0.0733 e. The van der Waals surface area contributed by atoms with Gasteiger partial charge in [-0.2, -0.15) is 0 Å². The van der Waals surface area contributed by atoms with Gasteiger partial charge in [0.15, 0.2) is 0 Å². The molecule has 0 amide bonds. The van der Waals surface area contributed by atoms with Crippen LogP contribution in [0.4, 0.5) is 0 Å². The summed E-state index contributed by atoms with van der Waals surface area (Å²) >= 11 is 0. The molecule has 1 N–H and O–H groups in total. The van der Waals surface area contributed by atoms with Gasteiger partial charge in [-0.15, -0.1) is 0 Å². The van der Waals surface area contributed by atoms with Gasteiger partial charge < -0.3 is 9.84 Å². The lowest BCUT2D eigenvalue weighted by atomic mass is 9.92. The summed E-state index contributed by atoms with van der Waals surface area (Å²) in [5.41, 5.74) is 2.63. The maximum absolute atomic E-state index is 8.85. The van der Waals surface area contributed by atoms with E-state index in [1.165, 1.54) is 62.5 Å². The first-order valence-corrected chi connectivity index (χ1v) is 14.0. The minimum Gasteiger partial charge on any atom is -0.396 e. The summed E-state index contributed by atoms with van der Waals surface area (Å²) in [7, 11) is 0. The van der Waals surface area contributed by atoms with E-state index in [0.717, 1.165) is 25.8 Å². The Morgan fingerprint density at radius 1 is 0.800 bits per heavy atom. The fourth-order valence-corrected chi connectivity index (χ4v) is 5.21. The summed E-state index contributed by atoms with van der Waals surface area (Å²) in [5, 5.41) is 8.85. The summed E-state index contributed by atoms with van der Waals surface area (Å²) in [5.74, 6) is 0. The lowest BCUT2D eigenvalue weighted by molar-refractivity contribution is -0.0598. The van der Waals surface area contributed by atoms with Crippen molar-refractivity contribution in [3.63, 3.8) is 0 Å². The predicted molar refractivity (Wildman–Crippen MR) is 147 cm³/mol. The lowest BCUT2D eigenvalue weighted by Gasteiger charge is -2.44. The second-order valence-electron chi connectivity index (χ2n) is 10.1. The van der Waals surface area contributed by atoms with Crippen LogP contribution in [0.15, 0.2) is 72.8 Å². The fourth-order valence-electron chi connectivity index (χ4n) is 5.21. The normalized spacial score (nSPS) is 21.0. The molecular weight excluding hydrogens is 430 g/mol. The molecule has 192 valence electrons. The first-order valence-electron chi connectivity index (χ1n) is 14.0. The first kappa shape index (κ1) is 27.6. The minimum atomic E-state index is 0.265. The molecule has 35 heavy (non-hydrogen) atoms. The molecule has 0 unspecified atom stereocenters. The third kappa shape index (κ3) is 10.3. The number of hydrogen-bond donors (Lipinski definition) is 1. The van der Waals surface area contributed by atoms with Gasteiger partial charge in [-0.3, -0.25) is 4.90 Å². The van der Waals surface area contributed by atoms with Crippen molar-refractivity contribution in [3.05, 3.63) is 83.9 Å². The van der Waals surface area contributed by atoms with Crippen molar-refractivity contribution in [1.29, 1.82) is 0 Å². The average molecular weight is 478 g/mol. The largest absolute Gasteiger partial charge is 0.396 e. The molecule has 0 spiro atoms. The van der Waals surface area contributed by atoms with E-state index in [2.05, 4.69) is 84.6 Å². The minimum absolute atomic E-state index is 0.265. The zero-order chi connectivity index (χ0) is 24.6. The number of nitrogens with zero attached hydrogens (tertiary/aromatic N) is 1. The van der Waals surface area contributed by atoms with Gasteiger partial charge in [-0.1, -0.05) is 111 Å². The number of piperidine rings is 1. The Kier molecular flexibility index (Phi) is 13.2. The van der Waals surface area contributed by atoms with Crippen LogP contribution in [0.2, 0.25) is 0 Å². The van der Waals surface area contributed by atoms with E-state index in [4.69, 9.17) is 9.84 Å². The van der Waals surface area contributed by atoms with Crippen LogP contribution >= 0.6 is 0 Å². The molecule has 1 aliphatic rings. The van der Waals surface area contributed by atoms with E-state index in [9.17, 15) is 0 Å². The molecule has 1 saturated heterocycles. The van der Waals surface area contributed by atoms with Crippen LogP contribution in [-0.2, 0) is 17.9 Å². The average Bonchev–Trinajstić information content (AvgIpc) is 2.89. The number of allylic oxidation sites excluding steroid dienone is 1. The van der Waals surface area contributed by atoms with E-state index in [0.29, 0.717) is 25.3 Å².